The third kappa shape index (κ3) is 3.65. The van der Waals surface area contributed by atoms with Gasteiger partial charge in [0.25, 0.3) is 0 Å². The molecule has 4 nitrogen and oxygen atoms in total. The zero-order valence-corrected chi connectivity index (χ0v) is 9.97. The Morgan fingerprint density at radius 3 is 2.35 bits per heavy atom. The second-order valence-corrected chi connectivity index (χ2v) is 4.97. The van der Waals surface area contributed by atoms with E-state index < -0.39 is 23.1 Å². The zero-order chi connectivity index (χ0) is 13.2. The van der Waals surface area contributed by atoms with Gasteiger partial charge in [-0.2, -0.15) is 13.2 Å². The topological polar surface area (TPSA) is 63.1 Å². The molecule has 17 heavy (non-hydrogen) atoms. The van der Waals surface area contributed by atoms with Crippen molar-refractivity contribution >= 4 is 17.3 Å². The molecule has 1 heterocycles. The van der Waals surface area contributed by atoms with Gasteiger partial charge in [-0.05, 0) is 12.3 Å². The maximum Gasteiger partial charge on any atom is 0.445 e. The van der Waals surface area contributed by atoms with Gasteiger partial charge in [0.1, 0.15) is 10.9 Å². The number of nitrogens with zero attached hydrogens (tertiary/aromatic N) is 2. The van der Waals surface area contributed by atoms with Gasteiger partial charge >= 0.3 is 12.1 Å². The Morgan fingerprint density at radius 1 is 1.41 bits per heavy atom. The Balaban J connectivity index is 2.96. The van der Waals surface area contributed by atoms with E-state index in [9.17, 15) is 18.0 Å². The van der Waals surface area contributed by atoms with E-state index in [4.69, 9.17) is 5.11 Å². The van der Waals surface area contributed by atoms with Crippen LogP contribution in [0.3, 0.4) is 0 Å². The lowest BCUT2D eigenvalue weighted by Crippen LogP contribution is -2.13. The van der Waals surface area contributed by atoms with Crippen LogP contribution < -0.4 is 0 Å². The summed E-state index contributed by atoms with van der Waals surface area (Å²) in [7, 11) is 0. The Morgan fingerprint density at radius 2 is 2.00 bits per heavy atom. The number of aromatic nitrogens is 2. The number of aliphatic carboxylic acids is 1. The molecule has 1 aromatic rings. The molecule has 1 N–H and O–H groups in total. The second kappa shape index (κ2) is 4.99. The minimum atomic E-state index is -4.57. The SMILES string of the molecule is CC(C)CC(C(=O)O)c1nnc(C(F)(F)F)s1. The molecule has 0 aromatic carbocycles. The number of carboxylic acid groups (broad SMARTS) is 1. The van der Waals surface area contributed by atoms with Crippen LogP contribution >= 0.6 is 11.3 Å². The lowest BCUT2D eigenvalue weighted by Gasteiger charge is -2.10. The Kier molecular flexibility index (Phi) is 4.07. The third-order valence-electron chi connectivity index (χ3n) is 1.99. The number of hydrogen-bond donors (Lipinski definition) is 1. The smallest absolute Gasteiger partial charge is 0.445 e. The van der Waals surface area contributed by atoms with Crippen LogP contribution in [-0.2, 0) is 11.0 Å². The minimum absolute atomic E-state index is 0.0503. The number of carboxylic acids is 1. The average Bonchev–Trinajstić information content (AvgIpc) is 2.60. The standard InChI is InChI=1S/C9H11F3N2O2S/c1-4(2)3-5(7(15)16)6-13-14-8(17-6)9(10,11)12/h4-5H,3H2,1-2H3,(H,15,16). The van der Waals surface area contributed by atoms with E-state index in [1.165, 1.54) is 0 Å². The first-order valence-corrected chi connectivity index (χ1v) is 5.67. The number of hydrogen-bond acceptors (Lipinski definition) is 4. The molecule has 96 valence electrons. The fourth-order valence-electron chi connectivity index (χ4n) is 1.27. The van der Waals surface area contributed by atoms with Crippen molar-refractivity contribution < 1.29 is 23.1 Å². The molecule has 1 atom stereocenters. The van der Waals surface area contributed by atoms with Crippen molar-refractivity contribution in [3.05, 3.63) is 10.0 Å². The van der Waals surface area contributed by atoms with E-state index in [2.05, 4.69) is 10.2 Å². The maximum absolute atomic E-state index is 12.3. The van der Waals surface area contributed by atoms with Crippen molar-refractivity contribution in [3.63, 3.8) is 0 Å². The minimum Gasteiger partial charge on any atom is -0.481 e. The van der Waals surface area contributed by atoms with E-state index in [1.54, 1.807) is 13.8 Å². The molecule has 0 spiro atoms. The number of halogens is 3. The fourth-order valence-corrected chi connectivity index (χ4v) is 2.09. The van der Waals surface area contributed by atoms with E-state index in [0.29, 0.717) is 11.3 Å². The van der Waals surface area contributed by atoms with Gasteiger partial charge in [-0.1, -0.05) is 25.2 Å². The number of carbonyl (C=O) groups is 1. The summed E-state index contributed by atoms with van der Waals surface area (Å²) in [5, 5.41) is 14.0. The molecule has 0 amide bonds. The van der Waals surface area contributed by atoms with Crippen LogP contribution in [0, 0.1) is 5.92 Å². The Bertz CT molecular complexity index is 403. The van der Waals surface area contributed by atoms with Crippen molar-refractivity contribution in [3.8, 4) is 0 Å². The van der Waals surface area contributed by atoms with Gasteiger partial charge in [0, 0.05) is 0 Å². The van der Waals surface area contributed by atoms with Gasteiger partial charge in [-0.25, -0.2) is 0 Å². The molecular formula is C9H11F3N2O2S. The van der Waals surface area contributed by atoms with Gasteiger partial charge < -0.3 is 5.11 Å². The molecule has 8 heteroatoms. The van der Waals surface area contributed by atoms with Crippen LogP contribution in [0.25, 0.3) is 0 Å². The van der Waals surface area contributed by atoms with Gasteiger partial charge in [-0.3, -0.25) is 4.79 Å². The lowest BCUT2D eigenvalue weighted by molar-refractivity contribution is -0.139. The van der Waals surface area contributed by atoms with Gasteiger partial charge in [0.15, 0.2) is 0 Å². The maximum atomic E-state index is 12.3. The fraction of sp³-hybridized carbons (Fsp3) is 0.667. The highest BCUT2D eigenvalue weighted by molar-refractivity contribution is 7.11. The first-order chi connectivity index (χ1) is 7.71. The van der Waals surface area contributed by atoms with E-state index in [-0.39, 0.29) is 17.3 Å². The quantitative estimate of drug-likeness (QED) is 0.912. The largest absolute Gasteiger partial charge is 0.481 e. The monoisotopic (exact) mass is 268 g/mol. The highest BCUT2D eigenvalue weighted by atomic mass is 32.1. The average molecular weight is 268 g/mol. The second-order valence-electron chi connectivity index (χ2n) is 3.96. The summed E-state index contributed by atoms with van der Waals surface area (Å²) >= 11 is 0.290. The van der Waals surface area contributed by atoms with Crippen LogP contribution in [0.15, 0.2) is 0 Å². The van der Waals surface area contributed by atoms with Crippen molar-refractivity contribution in [1.82, 2.24) is 10.2 Å². The molecular weight excluding hydrogens is 257 g/mol. The molecule has 0 saturated carbocycles. The van der Waals surface area contributed by atoms with Crippen LogP contribution in [0.1, 0.15) is 36.2 Å². The summed E-state index contributed by atoms with van der Waals surface area (Å²) < 4.78 is 36.9. The van der Waals surface area contributed by atoms with Crippen molar-refractivity contribution in [1.29, 1.82) is 0 Å². The predicted octanol–water partition coefficient (Wildman–Crippen LogP) is 2.77. The summed E-state index contributed by atoms with van der Waals surface area (Å²) in [5.41, 5.74) is 0. The molecule has 0 bridgehead atoms. The molecule has 1 unspecified atom stereocenters. The van der Waals surface area contributed by atoms with Crippen molar-refractivity contribution in [2.75, 3.05) is 0 Å². The van der Waals surface area contributed by atoms with E-state index >= 15 is 0 Å². The summed E-state index contributed by atoms with van der Waals surface area (Å²) in [5.74, 6) is -2.15. The third-order valence-corrected chi connectivity index (χ3v) is 3.07. The van der Waals surface area contributed by atoms with Gasteiger partial charge in [-0.15, -0.1) is 10.2 Å². The lowest BCUT2D eigenvalue weighted by atomic mass is 9.98. The molecule has 0 radical (unpaired) electrons. The molecule has 0 aliphatic heterocycles. The van der Waals surface area contributed by atoms with Crippen LogP contribution in [0.4, 0.5) is 13.2 Å². The highest BCUT2D eigenvalue weighted by Crippen LogP contribution is 2.35. The van der Waals surface area contributed by atoms with Crippen LogP contribution in [0.5, 0.6) is 0 Å². The Hall–Kier alpha value is -1.18. The summed E-state index contributed by atoms with van der Waals surface area (Å²) in [6.45, 7) is 3.59. The summed E-state index contributed by atoms with van der Waals surface area (Å²) in [4.78, 5) is 11.0. The van der Waals surface area contributed by atoms with Gasteiger partial charge in [0.05, 0.1) is 0 Å². The molecule has 0 fully saturated rings. The predicted molar refractivity (Wildman–Crippen MR) is 54.7 cm³/mol. The Labute approximate surface area is 99.5 Å². The molecule has 1 rings (SSSR count). The van der Waals surface area contributed by atoms with Crippen LogP contribution in [0.2, 0.25) is 0 Å². The highest BCUT2D eigenvalue weighted by Gasteiger charge is 2.37. The first kappa shape index (κ1) is 13.9. The molecule has 1 aromatic heterocycles. The molecule has 0 saturated heterocycles. The number of rotatable bonds is 4. The molecule has 0 aliphatic carbocycles. The van der Waals surface area contributed by atoms with Crippen LogP contribution in [-0.4, -0.2) is 21.3 Å². The molecule has 0 aliphatic rings. The summed E-state index contributed by atoms with van der Waals surface area (Å²) in [6, 6.07) is 0. The number of alkyl halides is 3. The first-order valence-electron chi connectivity index (χ1n) is 4.85. The normalized spacial score (nSPS) is 14.0. The zero-order valence-electron chi connectivity index (χ0n) is 9.15. The van der Waals surface area contributed by atoms with E-state index in [1.807, 2.05) is 0 Å². The van der Waals surface area contributed by atoms with E-state index in [0.717, 1.165) is 0 Å². The van der Waals surface area contributed by atoms with Crippen molar-refractivity contribution in [2.24, 2.45) is 5.92 Å². The summed E-state index contributed by atoms with van der Waals surface area (Å²) in [6.07, 6.45) is -4.33. The van der Waals surface area contributed by atoms with Gasteiger partial charge in [0.2, 0.25) is 5.01 Å². The van der Waals surface area contributed by atoms with Crippen molar-refractivity contribution in [2.45, 2.75) is 32.4 Å².